The average Bonchev–Trinajstić information content (AvgIpc) is 3.09. The molecule has 0 amide bonds. The molecule has 0 fully saturated rings. The summed E-state index contributed by atoms with van der Waals surface area (Å²) in [5.74, 6) is 2.11. The molecule has 2 aromatic heterocycles. The van der Waals surface area contributed by atoms with Gasteiger partial charge in [-0.25, -0.2) is 4.98 Å². The molecule has 0 spiro atoms. The molecule has 0 saturated heterocycles. The van der Waals surface area contributed by atoms with E-state index in [-0.39, 0.29) is 6.17 Å². The predicted molar refractivity (Wildman–Crippen MR) is 80.6 cm³/mol. The fourth-order valence-corrected chi connectivity index (χ4v) is 3.06. The second-order valence-electron chi connectivity index (χ2n) is 5.28. The summed E-state index contributed by atoms with van der Waals surface area (Å²) in [6.45, 7) is 2.22. The number of aromatic nitrogens is 3. The van der Waals surface area contributed by atoms with Gasteiger partial charge in [-0.15, -0.1) is 0 Å². The summed E-state index contributed by atoms with van der Waals surface area (Å²) in [7, 11) is 4.20. The van der Waals surface area contributed by atoms with Crippen LogP contribution in [0.3, 0.4) is 0 Å². The van der Waals surface area contributed by atoms with Crippen molar-refractivity contribution in [2.24, 2.45) is 7.05 Å². The SMILES string of the molecule is C[C@H]1N(C)c2ccccc2N1c1cn2ccnc2n1C. The van der Waals surface area contributed by atoms with E-state index in [1.54, 1.807) is 0 Å². The molecule has 1 atom stereocenters. The molecule has 20 heavy (non-hydrogen) atoms. The zero-order chi connectivity index (χ0) is 13.9. The molecule has 0 radical (unpaired) electrons. The minimum absolute atomic E-state index is 0.283. The molecular formula is C15H17N5. The fourth-order valence-electron chi connectivity index (χ4n) is 3.06. The maximum absolute atomic E-state index is 4.40. The van der Waals surface area contributed by atoms with Crippen LogP contribution in [-0.2, 0) is 7.05 Å². The van der Waals surface area contributed by atoms with E-state index in [0.29, 0.717) is 0 Å². The molecule has 0 unspecified atom stereocenters. The first-order valence-electron chi connectivity index (χ1n) is 6.78. The maximum Gasteiger partial charge on any atom is 0.215 e. The molecule has 5 heteroatoms. The Morgan fingerprint density at radius 1 is 1.10 bits per heavy atom. The molecular weight excluding hydrogens is 250 g/mol. The summed E-state index contributed by atoms with van der Waals surface area (Å²) in [4.78, 5) is 9.04. The van der Waals surface area contributed by atoms with E-state index in [4.69, 9.17) is 0 Å². The molecule has 0 bridgehead atoms. The van der Waals surface area contributed by atoms with Gasteiger partial charge in [0.05, 0.1) is 17.6 Å². The van der Waals surface area contributed by atoms with E-state index in [9.17, 15) is 0 Å². The van der Waals surface area contributed by atoms with Crippen molar-refractivity contribution in [3.8, 4) is 0 Å². The Morgan fingerprint density at radius 2 is 1.85 bits per heavy atom. The largest absolute Gasteiger partial charge is 0.352 e. The molecule has 0 N–H and O–H groups in total. The van der Waals surface area contributed by atoms with Crippen LogP contribution < -0.4 is 9.80 Å². The average molecular weight is 267 g/mol. The molecule has 4 rings (SSSR count). The molecule has 0 aliphatic carbocycles. The number of fused-ring (bicyclic) bond motifs is 2. The van der Waals surface area contributed by atoms with E-state index in [1.807, 2.05) is 12.4 Å². The van der Waals surface area contributed by atoms with Crippen LogP contribution in [0.5, 0.6) is 0 Å². The van der Waals surface area contributed by atoms with Crippen molar-refractivity contribution in [3.05, 3.63) is 42.9 Å². The first kappa shape index (κ1) is 11.4. The van der Waals surface area contributed by atoms with Crippen molar-refractivity contribution in [1.82, 2.24) is 14.0 Å². The van der Waals surface area contributed by atoms with Gasteiger partial charge in [-0.3, -0.25) is 8.97 Å². The van der Waals surface area contributed by atoms with Crippen molar-refractivity contribution >= 4 is 23.0 Å². The minimum Gasteiger partial charge on any atom is -0.352 e. The highest BCUT2D eigenvalue weighted by Gasteiger charge is 2.33. The number of hydrogen-bond acceptors (Lipinski definition) is 3. The Bertz CT molecular complexity index is 785. The fraction of sp³-hybridized carbons (Fsp3) is 0.267. The smallest absolute Gasteiger partial charge is 0.215 e. The Hall–Kier alpha value is -2.43. The van der Waals surface area contributed by atoms with E-state index < -0.39 is 0 Å². The summed E-state index contributed by atoms with van der Waals surface area (Å²) in [5, 5.41) is 0. The lowest BCUT2D eigenvalue weighted by Gasteiger charge is -2.27. The van der Waals surface area contributed by atoms with Crippen LogP contribution in [0.1, 0.15) is 6.92 Å². The van der Waals surface area contributed by atoms with Crippen LogP contribution in [-0.4, -0.2) is 27.2 Å². The van der Waals surface area contributed by atoms with Gasteiger partial charge >= 0.3 is 0 Å². The number of rotatable bonds is 1. The third-order valence-electron chi connectivity index (χ3n) is 4.25. The number of nitrogens with zero attached hydrogens (tertiary/aromatic N) is 5. The normalized spacial score (nSPS) is 18.1. The van der Waals surface area contributed by atoms with Gasteiger partial charge in [0.1, 0.15) is 12.0 Å². The van der Waals surface area contributed by atoms with E-state index >= 15 is 0 Å². The van der Waals surface area contributed by atoms with Crippen molar-refractivity contribution in [2.45, 2.75) is 13.1 Å². The zero-order valence-electron chi connectivity index (χ0n) is 11.9. The van der Waals surface area contributed by atoms with Crippen LogP contribution in [0.4, 0.5) is 17.2 Å². The zero-order valence-corrected chi connectivity index (χ0v) is 11.9. The Balaban J connectivity index is 1.93. The van der Waals surface area contributed by atoms with Crippen LogP contribution in [0.25, 0.3) is 5.78 Å². The van der Waals surface area contributed by atoms with Gasteiger partial charge in [-0.1, -0.05) is 12.1 Å². The van der Waals surface area contributed by atoms with Gasteiger partial charge in [0.25, 0.3) is 0 Å². The van der Waals surface area contributed by atoms with Crippen LogP contribution in [0.2, 0.25) is 0 Å². The molecule has 1 aromatic carbocycles. The summed E-state index contributed by atoms with van der Waals surface area (Å²) >= 11 is 0. The van der Waals surface area contributed by atoms with E-state index in [1.165, 1.54) is 11.4 Å². The van der Waals surface area contributed by atoms with Gasteiger partial charge in [-0.05, 0) is 19.1 Å². The van der Waals surface area contributed by atoms with Crippen LogP contribution in [0, 0.1) is 0 Å². The number of benzene rings is 1. The summed E-state index contributed by atoms with van der Waals surface area (Å²) in [6, 6.07) is 8.51. The Morgan fingerprint density at radius 3 is 2.60 bits per heavy atom. The number of anilines is 3. The van der Waals surface area contributed by atoms with Gasteiger partial charge in [0.2, 0.25) is 5.78 Å². The van der Waals surface area contributed by atoms with Gasteiger partial charge < -0.3 is 9.80 Å². The topological polar surface area (TPSA) is 28.7 Å². The number of imidazole rings is 2. The van der Waals surface area contributed by atoms with Crippen LogP contribution in [0.15, 0.2) is 42.9 Å². The van der Waals surface area contributed by atoms with Gasteiger partial charge in [0.15, 0.2) is 0 Å². The Labute approximate surface area is 117 Å². The third-order valence-corrected chi connectivity index (χ3v) is 4.25. The van der Waals surface area contributed by atoms with E-state index in [0.717, 1.165) is 11.6 Å². The summed E-state index contributed by atoms with van der Waals surface area (Å²) in [5.41, 5.74) is 2.50. The molecule has 5 nitrogen and oxygen atoms in total. The summed E-state index contributed by atoms with van der Waals surface area (Å²) < 4.78 is 4.19. The number of para-hydroxylation sites is 2. The second kappa shape index (κ2) is 3.79. The van der Waals surface area contributed by atoms with Crippen molar-refractivity contribution < 1.29 is 0 Å². The monoisotopic (exact) mass is 267 g/mol. The molecule has 102 valence electrons. The minimum atomic E-state index is 0.283. The van der Waals surface area contributed by atoms with E-state index in [2.05, 4.69) is 75.2 Å². The molecule has 1 aliphatic rings. The molecule has 3 heterocycles. The van der Waals surface area contributed by atoms with Crippen molar-refractivity contribution in [3.63, 3.8) is 0 Å². The Kier molecular flexibility index (Phi) is 2.16. The standard InChI is InChI=1S/C15H17N5/c1-11-17(2)12-6-4-5-7-13(12)20(11)14-10-19-9-8-16-15(19)18(14)3/h4-11H,1-3H3/t11-/m0/s1. The molecule has 1 aliphatic heterocycles. The molecule has 0 saturated carbocycles. The highest BCUT2D eigenvalue weighted by atomic mass is 15.4. The number of aryl methyl sites for hydroxylation is 1. The van der Waals surface area contributed by atoms with Gasteiger partial charge in [-0.2, -0.15) is 0 Å². The first-order chi connectivity index (χ1) is 9.68. The number of hydrogen-bond donors (Lipinski definition) is 0. The van der Waals surface area contributed by atoms with Gasteiger partial charge in [0, 0.05) is 26.5 Å². The maximum atomic E-state index is 4.40. The predicted octanol–water partition coefficient (Wildman–Crippen LogP) is 2.61. The molecule has 3 aromatic rings. The summed E-state index contributed by atoms with van der Waals surface area (Å²) in [6.07, 6.45) is 6.22. The lowest BCUT2D eigenvalue weighted by molar-refractivity contribution is 0.714. The van der Waals surface area contributed by atoms with Crippen molar-refractivity contribution in [2.75, 3.05) is 16.8 Å². The second-order valence-corrected chi connectivity index (χ2v) is 5.28. The van der Waals surface area contributed by atoms with Crippen LogP contribution >= 0.6 is 0 Å². The van der Waals surface area contributed by atoms with Crippen molar-refractivity contribution in [1.29, 1.82) is 0 Å². The highest BCUT2D eigenvalue weighted by molar-refractivity contribution is 5.82. The highest BCUT2D eigenvalue weighted by Crippen LogP contribution is 2.43. The first-order valence-corrected chi connectivity index (χ1v) is 6.78. The lowest BCUT2D eigenvalue weighted by atomic mass is 10.2. The third kappa shape index (κ3) is 1.29. The lowest BCUT2D eigenvalue weighted by Crippen LogP contribution is -2.36. The quantitative estimate of drug-likeness (QED) is 0.678.